The molecular weight excluding hydrogens is 286 g/mol. The number of ether oxygens (including phenoxy) is 2. The van der Waals surface area contributed by atoms with E-state index in [4.69, 9.17) is 5.11 Å². The molecule has 4 nitrogen and oxygen atoms in total. The monoisotopic (exact) mass is 290 g/mol. The van der Waals surface area contributed by atoms with Crippen LogP contribution in [0.4, 0.5) is 26.3 Å². The van der Waals surface area contributed by atoms with Crippen molar-refractivity contribution in [3.63, 3.8) is 0 Å². The van der Waals surface area contributed by atoms with Gasteiger partial charge in [0.25, 0.3) is 0 Å². The molecule has 1 aromatic carbocycles. The molecule has 0 aromatic heterocycles. The van der Waals surface area contributed by atoms with Gasteiger partial charge in [0.2, 0.25) is 0 Å². The third-order valence-electron chi connectivity index (χ3n) is 1.64. The lowest BCUT2D eigenvalue weighted by Crippen LogP contribution is -2.21. The van der Waals surface area contributed by atoms with Crippen LogP contribution in [0.2, 0.25) is 0 Å². The third-order valence-corrected chi connectivity index (χ3v) is 1.64. The first-order chi connectivity index (χ1) is 8.48. The van der Waals surface area contributed by atoms with Crippen molar-refractivity contribution in [3.05, 3.63) is 23.8 Å². The van der Waals surface area contributed by atoms with E-state index in [2.05, 4.69) is 9.47 Å². The van der Waals surface area contributed by atoms with E-state index >= 15 is 0 Å². The number of hydrogen-bond donors (Lipinski definition) is 1. The Morgan fingerprint density at radius 1 is 0.947 bits per heavy atom. The Morgan fingerprint density at radius 2 is 1.42 bits per heavy atom. The van der Waals surface area contributed by atoms with Crippen LogP contribution in [0.5, 0.6) is 11.5 Å². The number of aromatic carboxylic acids is 1. The van der Waals surface area contributed by atoms with E-state index in [0.29, 0.717) is 12.1 Å². The maximum atomic E-state index is 12.0. The highest BCUT2D eigenvalue weighted by atomic mass is 19.4. The second kappa shape index (κ2) is 4.86. The molecule has 0 unspecified atom stereocenters. The number of benzene rings is 1. The van der Waals surface area contributed by atoms with E-state index in [9.17, 15) is 31.1 Å². The van der Waals surface area contributed by atoms with Gasteiger partial charge in [-0.3, -0.25) is 0 Å². The van der Waals surface area contributed by atoms with Crippen LogP contribution >= 0.6 is 0 Å². The highest BCUT2D eigenvalue weighted by molar-refractivity contribution is 5.88. The molecule has 0 saturated carbocycles. The van der Waals surface area contributed by atoms with Crippen molar-refractivity contribution in [1.82, 2.24) is 0 Å². The zero-order valence-electron chi connectivity index (χ0n) is 8.67. The normalized spacial score (nSPS) is 12.1. The lowest BCUT2D eigenvalue weighted by Gasteiger charge is -2.15. The van der Waals surface area contributed by atoms with Crippen molar-refractivity contribution in [2.45, 2.75) is 12.7 Å². The summed E-state index contributed by atoms with van der Waals surface area (Å²) in [7, 11) is 0. The van der Waals surface area contributed by atoms with Crippen LogP contribution < -0.4 is 9.47 Å². The number of carboxylic acid groups (broad SMARTS) is 1. The molecule has 0 fully saturated rings. The highest BCUT2D eigenvalue weighted by Crippen LogP contribution is 2.36. The van der Waals surface area contributed by atoms with Gasteiger partial charge in [-0.15, -0.1) is 26.3 Å². The molecule has 0 aliphatic carbocycles. The van der Waals surface area contributed by atoms with Gasteiger partial charge in [-0.1, -0.05) is 0 Å². The SMILES string of the molecule is O=C(O)c1ccc(OC(F)(F)F)c(OC(F)(F)F)c1. The van der Waals surface area contributed by atoms with Crippen molar-refractivity contribution >= 4 is 5.97 Å². The Hall–Kier alpha value is -2.13. The van der Waals surface area contributed by atoms with Gasteiger partial charge in [-0.05, 0) is 18.2 Å². The number of alkyl halides is 6. The Bertz CT molecular complexity index is 479. The fourth-order valence-corrected chi connectivity index (χ4v) is 1.05. The molecule has 0 bridgehead atoms. The number of carboxylic acids is 1. The first kappa shape index (κ1) is 14.9. The van der Waals surface area contributed by atoms with E-state index in [1.165, 1.54) is 0 Å². The zero-order valence-corrected chi connectivity index (χ0v) is 8.67. The smallest absolute Gasteiger partial charge is 0.478 e. The van der Waals surface area contributed by atoms with Crippen LogP contribution in [-0.4, -0.2) is 23.8 Å². The molecule has 0 radical (unpaired) electrons. The van der Waals surface area contributed by atoms with Crippen molar-refractivity contribution in [2.75, 3.05) is 0 Å². The summed E-state index contributed by atoms with van der Waals surface area (Å²) in [6, 6.07) is 1.33. The lowest BCUT2D eigenvalue weighted by molar-refractivity contribution is -0.287. The molecule has 10 heteroatoms. The summed E-state index contributed by atoms with van der Waals surface area (Å²) in [6.45, 7) is 0. The van der Waals surface area contributed by atoms with Gasteiger partial charge in [0.15, 0.2) is 11.5 Å². The van der Waals surface area contributed by atoms with Crippen LogP contribution in [0, 0.1) is 0 Å². The summed E-state index contributed by atoms with van der Waals surface area (Å²) >= 11 is 0. The Balaban J connectivity index is 3.19. The quantitative estimate of drug-likeness (QED) is 0.869. The largest absolute Gasteiger partial charge is 0.573 e. The lowest BCUT2D eigenvalue weighted by atomic mass is 10.2. The van der Waals surface area contributed by atoms with E-state index in [-0.39, 0.29) is 6.07 Å². The first-order valence-corrected chi connectivity index (χ1v) is 4.37. The standard InChI is InChI=1S/C9H4F6O4/c10-8(11,12)18-5-2-1-4(7(16)17)3-6(5)19-9(13,14)15/h1-3H,(H,16,17). The van der Waals surface area contributed by atoms with Crippen LogP contribution in [0.1, 0.15) is 10.4 Å². The Labute approximate surface area is 101 Å². The summed E-state index contributed by atoms with van der Waals surface area (Å²) in [4.78, 5) is 10.5. The molecule has 19 heavy (non-hydrogen) atoms. The molecule has 0 aliphatic rings. The Kier molecular flexibility index (Phi) is 3.82. The van der Waals surface area contributed by atoms with Gasteiger partial charge in [-0.25, -0.2) is 4.79 Å². The fraction of sp³-hybridized carbons (Fsp3) is 0.222. The zero-order chi connectivity index (χ0) is 14.8. The van der Waals surface area contributed by atoms with Gasteiger partial charge in [0.1, 0.15) is 0 Å². The minimum atomic E-state index is -5.29. The number of carbonyl (C=O) groups is 1. The maximum Gasteiger partial charge on any atom is 0.573 e. The molecule has 0 spiro atoms. The van der Waals surface area contributed by atoms with Crippen LogP contribution in [0.25, 0.3) is 0 Å². The third kappa shape index (κ3) is 4.94. The molecule has 0 heterocycles. The number of hydrogen-bond acceptors (Lipinski definition) is 3. The minimum Gasteiger partial charge on any atom is -0.478 e. The van der Waals surface area contributed by atoms with Gasteiger partial charge < -0.3 is 14.6 Å². The van der Waals surface area contributed by atoms with E-state index in [1.54, 1.807) is 0 Å². The summed E-state index contributed by atoms with van der Waals surface area (Å²) in [5, 5.41) is 8.53. The Morgan fingerprint density at radius 3 is 1.84 bits per heavy atom. The van der Waals surface area contributed by atoms with Crippen molar-refractivity contribution in [3.8, 4) is 11.5 Å². The van der Waals surface area contributed by atoms with Gasteiger partial charge in [0, 0.05) is 0 Å². The molecule has 1 rings (SSSR count). The highest BCUT2D eigenvalue weighted by Gasteiger charge is 2.36. The molecule has 1 aromatic rings. The van der Waals surface area contributed by atoms with Gasteiger partial charge in [-0.2, -0.15) is 0 Å². The van der Waals surface area contributed by atoms with Gasteiger partial charge in [0.05, 0.1) is 5.56 Å². The van der Waals surface area contributed by atoms with E-state index in [1.807, 2.05) is 0 Å². The summed E-state index contributed by atoms with van der Waals surface area (Å²) < 4.78 is 78.3. The summed E-state index contributed by atoms with van der Waals surface area (Å²) in [5.74, 6) is -4.33. The maximum absolute atomic E-state index is 12.0. The van der Waals surface area contributed by atoms with Crippen molar-refractivity contribution in [2.24, 2.45) is 0 Å². The molecule has 0 amide bonds. The minimum absolute atomic E-state index is 0.275. The molecule has 0 aliphatic heterocycles. The molecule has 1 N–H and O–H groups in total. The number of halogens is 6. The van der Waals surface area contributed by atoms with E-state index < -0.39 is 35.8 Å². The topological polar surface area (TPSA) is 55.8 Å². The predicted molar refractivity (Wildman–Crippen MR) is 46.8 cm³/mol. The fourth-order valence-electron chi connectivity index (χ4n) is 1.05. The van der Waals surface area contributed by atoms with E-state index in [0.717, 1.165) is 0 Å². The molecular formula is C9H4F6O4. The predicted octanol–water partition coefficient (Wildman–Crippen LogP) is 3.18. The summed E-state index contributed by atoms with van der Waals surface area (Å²) in [6.07, 6.45) is -10.5. The summed E-state index contributed by atoms with van der Waals surface area (Å²) in [5.41, 5.74) is -0.686. The molecule has 106 valence electrons. The van der Waals surface area contributed by atoms with Crippen molar-refractivity contribution < 1.29 is 45.7 Å². The average Bonchev–Trinajstić information content (AvgIpc) is 2.15. The molecule has 0 atom stereocenters. The molecule has 0 saturated heterocycles. The second-order valence-electron chi connectivity index (χ2n) is 3.06. The first-order valence-electron chi connectivity index (χ1n) is 4.37. The average molecular weight is 290 g/mol. The second-order valence-corrected chi connectivity index (χ2v) is 3.06. The van der Waals surface area contributed by atoms with Gasteiger partial charge >= 0.3 is 18.7 Å². The number of rotatable bonds is 3. The van der Waals surface area contributed by atoms with Crippen molar-refractivity contribution in [1.29, 1.82) is 0 Å². The van der Waals surface area contributed by atoms with Crippen LogP contribution in [-0.2, 0) is 0 Å². The van der Waals surface area contributed by atoms with Crippen LogP contribution in [0.3, 0.4) is 0 Å². The van der Waals surface area contributed by atoms with Crippen LogP contribution in [0.15, 0.2) is 18.2 Å².